The molecule has 3 atom stereocenters. The second kappa shape index (κ2) is 9.34. The van der Waals surface area contributed by atoms with Crippen molar-refractivity contribution in [2.45, 2.75) is 38.6 Å². The SMILES string of the molecule is C[C@@H](C(=O)c1ccc(Cl)cc1)N(C(=O)c1ccc([N+](=O)[O-])cc1)N1C(=O)[C@H]2CCCC[C@H]2C1=O. The number of Topliss-reactive ketones (excluding diaryl/α,β-unsaturated/α-hetero) is 1. The van der Waals surface area contributed by atoms with Crippen molar-refractivity contribution in [1.29, 1.82) is 0 Å². The average molecular weight is 484 g/mol. The van der Waals surface area contributed by atoms with Gasteiger partial charge in [0.2, 0.25) is 0 Å². The van der Waals surface area contributed by atoms with Gasteiger partial charge in [0, 0.05) is 28.3 Å². The summed E-state index contributed by atoms with van der Waals surface area (Å²) in [6, 6.07) is 9.67. The number of halogens is 1. The van der Waals surface area contributed by atoms with Gasteiger partial charge in [0.25, 0.3) is 23.4 Å². The molecule has 34 heavy (non-hydrogen) atoms. The van der Waals surface area contributed by atoms with E-state index in [-0.39, 0.29) is 16.8 Å². The van der Waals surface area contributed by atoms with Gasteiger partial charge in [0.05, 0.1) is 16.8 Å². The van der Waals surface area contributed by atoms with Crippen LogP contribution in [0.1, 0.15) is 53.3 Å². The smallest absolute Gasteiger partial charge is 0.273 e. The molecule has 10 heteroatoms. The number of imide groups is 1. The molecule has 2 fully saturated rings. The largest absolute Gasteiger partial charge is 0.292 e. The van der Waals surface area contributed by atoms with Crippen LogP contribution in [0.25, 0.3) is 0 Å². The van der Waals surface area contributed by atoms with E-state index in [1.807, 2.05) is 0 Å². The van der Waals surface area contributed by atoms with Gasteiger partial charge in [-0.25, -0.2) is 5.01 Å². The number of nitro benzene ring substituents is 1. The van der Waals surface area contributed by atoms with Crippen LogP contribution in [0, 0.1) is 22.0 Å². The van der Waals surface area contributed by atoms with Crippen LogP contribution < -0.4 is 0 Å². The molecule has 9 nitrogen and oxygen atoms in total. The monoisotopic (exact) mass is 483 g/mol. The summed E-state index contributed by atoms with van der Waals surface area (Å²) in [5, 5.41) is 13.1. The zero-order chi connectivity index (χ0) is 24.6. The first-order valence-corrected chi connectivity index (χ1v) is 11.3. The van der Waals surface area contributed by atoms with Gasteiger partial charge in [-0.3, -0.25) is 29.3 Å². The second-order valence-corrected chi connectivity index (χ2v) is 8.92. The zero-order valence-corrected chi connectivity index (χ0v) is 19.1. The summed E-state index contributed by atoms with van der Waals surface area (Å²) >= 11 is 5.91. The number of benzene rings is 2. The third kappa shape index (κ3) is 4.19. The van der Waals surface area contributed by atoms with E-state index in [9.17, 15) is 29.3 Å². The van der Waals surface area contributed by atoms with E-state index < -0.39 is 46.3 Å². The van der Waals surface area contributed by atoms with E-state index in [1.54, 1.807) is 0 Å². The minimum absolute atomic E-state index is 0.0110. The first-order chi connectivity index (χ1) is 16.2. The maximum absolute atomic E-state index is 13.6. The first-order valence-electron chi connectivity index (χ1n) is 11.0. The van der Waals surface area contributed by atoms with Crippen LogP contribution in [0.3, 0.4) is 0 Å². The van der Waals surface area contributed by atoms with Crippen LogP contribution in [0.5, 0.6) is 0 Å². The van der Waals surface area contributed by atoms with Crippen LogP contribution in [0.4, 0.5) is 5.69 Å². The molecule has 0 bridgehead atoms. The van der Waals surface area contributed by atoms with Gasteiger partial charge >= 0.3 is 0 Å². The van der Waals surface area contributed by atoms with Crippen molar-refractivity contribution < 1.29 is 24.1 Å². The molecular weight excluding hydrogens is 462 g/mol. The molecule has 1 saturated heterocycles. The molecule has 1 aliphatic carbocycles. The standard InChI is InChI=1S/C24H22ClN3O6/c1-14(21(29)15-6-10-17(25)11-7-15)26(22(30)16-8-12-18(13-9-16)28(33)34)27-23(31)19-4-2-3-5-20(19)24(27)32/h6-14,19-20H,2-5H2,1H3/t14-,19-,20+/m0/s1. The number of hydrogen-bond donors (Lipinski definition) is 0. The van der Waals surface area contributed by atoms with Crippen LogP contribution in [-0.2, 0) is 9.59 Å². The number of nitrogens with zero attached hydrogens (tertiary/aromatic N) is 3. The third-order valence-corrected chi connectivity index (χ3v) is 6.69. The highest BCUT2D eigenvalue weighted by Crippen LogP contribution is 2.39. The number of carbonyl (C=O) groups excluding carboxylic acids is 4. The van der Waals surface area contributed by atoms with E-state index >= 15 is 0 Å². The van der Waals surface area contributed by atoms with E-state index in [1.165, 1.54) is 43.3 Å². The fraction of sp³-hybridized carbons (Fsp3) is 0.333. The van der Waals surface area contributed by atoms with Gasteiger partial charge in [-0.15, -0.1) is 0 Å². The van der Waals surface area contributed by atoms with Gasteiger partial charge in [-0.2, -0.15) is 5.01 Å². The second-order valence-electron chi connectivity index (χ2n) is 8.49. The number of carbonyl (C=O) groups is 4. The number of hydrogen-bond acceptors (Lipinski definition) is 6. The van der Waals surface area contributed by atoms with E-state index in [0.717, 1.165) is 35.0 Å². The van der Waals surface area contributed by atoms with Crippen LogP contribution in [0.2, 0.25) is 5.02 Å². The molecule has 4 rings (SSSR count). The van der Waals surface area contributed by atoms with E-state index in [0.29, 0.717) is 17.9 Å². The Morgan fingerprint density at radius 1 is 0.971 bits per heavy atom. The molecule has 1 saturated carbocycles. The predicted octanol–water partition coefficient (Wildman–Crippen LogP) is 4.05. The van der Waals surface area contributed by atoms with Crippen molar-refractivity contribution in [2.75, 3.05) is 0 Å². The third-order valence-electron chi connectivity index (χ3n) is 6.44. The normalized spacial score (nSPS) is 20.6. The van der Waals surface area contributed by atoms with Gasteiger partial charge in [-0.1, -0.05) is 24.4 Å². The fourth-order valence-corrected chi connectivity index (χ4v) is 4.75. The van der Waals surface area contributed by atoms with Gasteiger partial charge in [-0.05, 0) is 56.2 Å². The molecular formula is C24H22ClN3O6. The molecule has 1 aliphatic heterocycles. The van der Waals surface area contributed by atoms with Gasteiger partial charge < -0.3 is 0 Å². The summed E-state index contributed by atoms with van der Waals surface area (Å²) in [4.78, 5) is 63.8. The molecule has 2 aromatic rings. The summed E-state index contributed by atoms with van der Waals surface area (Å²) in [6.07, 6.45) is 2.71. The van der Waals surface area contributed by atoms with Gasteiger partial charge in [0.1, 0.15) is 6.04 Å². The number of ketones is 1. The van der Waals surface area contributed by atoms with Crippen molar-refractivity contribution in [2.24, 2.45) is 11.8 Å². The van der Waals surface area contributed by atoms with E-state index in [2.05, 4.69) is 0 Å². The van der Waals surface area contributed by atoms with E-state index in [4.69, 9.17) is 11.6 Å². The Labute approximate surface area is 200 Å². The van der Waals surface area contributed by atoms with Crippen molar-refractivity contribution in [3.63, 3.8) is 0 Å². The first kappa shape index (κ1) is 23.6. The Hall–Kier alpha value is -3.59. The van der Waals surface area contributed by atoms with Crippen LogP contribution >= 0.6 is 11.6 Å². The lowest BCUT2D eigenvalue weighted by atomic mass is 9.81. The maximum atomic E-state index is 13.6. The highest BCUT2D eigenvalue weighted by Gasteiger charge is 2.53. The number of hydrazine groups is 1. The topological polar surface area (TPSA) is 118 Å². The molecule has 0 radical (unpaired) electrons. The molecule has 3 amide bonds. The number of fused-ring (bicyclic) bond motifs is 1. The Morgan fingerprint density at radius 3 is 1.97 bits per heavy atom. The summed E-state index contributed by atoms with van der Waals surface area (Å²) in [6.45, 7) is 1.45. The zero-order valence-electron chi connectivity index (χ0n) is 18.3. The molecule has 2 aromatic carbocycles. The lowest BCUT2D eigenvalue weighted by molar-refractivity contribution is -0.384. The Balaban J connectivity index is 1.74. The minimum atomic E-state index is -1.20. The molecule has 0 aromatic heterocycles. The fourth-order valence-electron chi connectivity index (χ4n) is 4.62. The molecule has 0 unspecified atom stereocenters. The number of nitro groups is 1. The Morgan fingerprint density at radius 2 is 1.47 bits per heavy atom. The summed E-state index contributed by atoms with van der Waals surface area (Å²) in [5.74, 6) is -3.30. The lowest BCUT2D eigenvalue weighted by Crippen LogP contribution is -2.56. The molecule has 1 heterocycles. The molecule has 176 valence electrons. The summed E-state index contributed by atoms with van der Waals surface area (Å²) in [5.41, 5.74) is 0.0551. The average Bonchev–Trinajstić information content (AvgIpc) is 3.09. The van der Waals surface area contributed by atoms with Crippen molar-refractivity contribution in [1.82, 2.24) is 10.0 Å². The summed E-state index contributed by atoms with van der Waals surface area (Å²) < 4.78 is 0. The van der Waals surface area contributed by atoms with Crippen molar-refractivity contribution in [3.05, 3.63) is 74.8 Å². The number of rotatable bonds is 6. The van der Waals surface area contributed by atoms with Crippen molar-refractivity contribution >= 4 is 40.8 Å². The number of non-ortho nitro benzene ring substituents is 1. The molecule has 0 N–H and O–H groups in total. The lowest BCUT2D eigenvalue weighted by Gasteiger charge is -2.34. The molecule has 2 aliphatic rings. The maximum Gasteiger partial charge on any atom is 0.273 e. The Kier molecular flexibility index (Phi) is 6.47. The molecule has 0 spiro atoms. The van der Waals surface area contributed by atoms with Gasteiger partial charge in [0.15, 0.2) is 5.78 Å². The predicted molar refractivity (Wildman–Crippen MR) is 122 cm³/mol. The number of amides is 3. The quantitative estimate of drug-likeness (QED) is 0.265. The highest BCUT2D eigenvalue weighted by molar-refractivity contribution is 6.30. The highest BCUT2D eigenvalue weighted by atomic mass is 35.5. The summed E-state index contributed by atoms with van der Waals surface area (Å²) in [7, 11) is 0. The minimum Gasteiger partial charge on any atom is -0.292 e. The Bertz CT molecular complexity index is 1140. The van der Waals surface area contributed by atoms with Crippen LogP contribution in [-0.4, -0.2) is 44.5 Å². The van der Waals surface area contributed by atoms with Crippen LogP contribution in [0.15, 0.2) is 48.5 Å². The van der Waals surface area contributed by atoms with Crippen molar-refractivity contribution in [3.8, 4) is 0 Å².